The summed E-state index contributed by atoms with van der Waals surface area (Å²) >= 11 is 12.1. The van der Waals surface area contributed by atoms with E-state index in [1.54, 1.807) is 18.2 Å². The summed E-state index contributed by atoms with van der Waals surface area (Å²) in [5, 5.41) is 0.820. The van der Waals surface area contributed by atoms with E-state index in [0.29, 0.717) is 21.6 Å². The SMILES string of the molecule is CCCCCCCCCCCCCCCCn1c(N)[n+](CC(=O)c2ccc(Cl)c(Cl)c2)c2ccccc21. The third-order valence-electron chi connectivity index (χ3n) is 7.29. The molecule has 0 atom stereocenters. The number of fused-ring (bicyclic) bond motifs is 1. The Labute approximate surface area is 233 Å². The highest BCUT2D eigenvalue weighted by molar-refractivity contribution is 6.42. The lowest BCUT2D eigenvalue weighted by Crippen LogP contribution is -2.40. The Balaban J connectivity index is 1.43. The molecule has 0 aliphatic rings. The number of Topliss-reactive ketones (excluding diaryl/α,β-unsaturated/α-hetero) is 1. The molecule has 1 aromatic heterocycles. The molecule has 0 spiro atoms. The van der Waals surface area contributed by atoms with Gasteiger partial charge < -0.3 is 0 Å². The van der Waals surface area contributed by atoms with Gasteiger partial charge in [-0.25, -0.2) is 9.13 Å². The number of hydrogen-bond acceptors (Lipinski definition) is 2. The van der Waals surface area contributed by atoms with E-state index >= 15 is 0 Å². The number of imidazole rings is 1. The van der Waals surface area contributed by atoms with Gasteiger partial charge in [0.25, 0.3) is 0 Å². The van der Waals surface area contributed by atoms with Crippen LogP contribution in [0.4, 0.5) is 5.95 Å². The van der Waals surface area contributed by atoms with Crippen molar-refractivity contribution in [1.82, 2.24) is 4.57 Å². The maximum atomic E-state index is 13.0. The lowest BCUT2D eigenvalue weighted by Gasteiger charge is -2.05. The zero-order chi connectivity index (χ0) is 26.5. The van der Waals surface area contributed by atoms with Crippen molar-refractivity contribution in [2.75, 3.05) is 5.73 Å². The standard InChI is InChI=1S/C31H43Cl2N3O/c1-2-3-4-5-6-7-8-9-10-11-12-13-14-17-22-35-28-18-15-16-19-29(28)36(31(35)34)24-30(37)25-20-21-26(32)27(33)23-25/h15-16,18-21,23,34H,2-14,17,22,24H2,1H3/p+1. The van der Waals surface area contributed by atoms with Crippen molar-refractivity contribution < 1.29 is 9.36 Å². The van der Waals surface area contributed by atoms with E-state index in [4.69, 9.17) is 28.9 Å². The van der Waals surface area contributed by atoms with E-state index in [1.807, 2.05) is 22.8 Å². The molecule has 0 saturated carbocycles. The van der Waals surface area contributed by atoms with Gasteiger partial charge in [-0.2, -0.15) is 0 Å². The molecule has 0 radical (unpaired) electrons. The third-order valence-corrected chi connectivity index (χ3v) is 8.03. The molecule has 6 heteroatoms. The molecule has 0 unspecified atom stereocenters. The normalized spacial score (nSPS) is 11.4. The first-order valence-electron chi connectivity index (χ1n) is 14.3. The number of para-hydroxylation sites is 2. The Bertz CT molecular complexity index is 1130. The number of carbonyl (C=O) groups excluding carboxylic acids is 1. The van der Waals surface area contributed by atoms with Crippen molar-refractivity contribution in [3.05, 3.63) is 58.1 Å². The lowest BCUT2D eigenvalue weighted by molar-refractivity contribution is -0.642. The monoisotopic (exact) mass is 544 g/mol. The molecule has 0 aliphatic carbocycles. The Kier molecular flexibility index (Phi) is 12.8. The van der Waals surface area contributed by atoms with Crippen molar-refractivity contribution in [3.8, 4) is 0 Å². The fourth-order valence-corrected chi connectivity index (χ4v) is 5.38. The average Bonchev–Trinajstić information content (AvgIpc) is 3.16. The molecule has 4 nitrogen and oxygen atoms in total. The smallest absolute Gasteiger partial charge is 0.291 e. The highest BCUT2D eigenvalue weighted by atomic mass is 35.5. The van der Waals surface area contributed by atoms with Gasteiger partial charge in [0, 0.05) is 5.56 Å². The van der Waals surface area contributed by atoms with E-state index in [2.05, 4.69) is 17.6 Å². The molecule has 0 saturated heterocycles. The van der Waals surface area contributed by atoms with E-state index in [9.17, 15) is 4.79 Å². The van der Waals surface area contributed by atoms with Crippen LogP contribution in [0.1, 0.15) is 107 Å². The predicted octanol–water partition coefficient (Wildman–Crippen LogP) is 9.18. The fraction of sp³-hybridized carbons (Fsp3) is 0.548. The van der Waals surface area contributed by atoms with Gasteiger partial charge in [0.05, 0.1) is 16.6 Å². The molecule has 0 fully saturated rings. The van der Waals surface area contributed by atoms with Gasteiger partial charge >= 0.3 is 5.95 Å². The van der Waals surface area contributed by atoms with Crippen molar-refractivity contribution >= 4 is 46.0 Å². The van der Waals surface area contributed by atoms with Crippen molar-refractivity contribution in [2.45, 2.75) is 110 Å². The minimum absolute atomic E-state index is 0.0466. The van der Waals surface area contributed by atoms with Gasteiger partial charge in [0.15, 0.2) is 5.78 Å². The summed E-state index contributed by atoms with van der Waals surface area (Å²) in [7, 11) is 0. The van der Waals surface area contributed by atoms with Crippen LogP contribution in [0.15, 0.2) is 42.5 Å². The second kappa shape index (κ2) is 16.0. The van der Waals surface area contributed by atoms with Crippen LogP contribution in [0.3, 0.4) is 0 Å². The van der Waals surface area contributed by atoms with Crippen LogP contribution in [0.2, 0.25) is 10.0 Å². The van der Waals surface area contributed by atoms with E-state index in [-0.39, 0.29) is 12.3 Å². The first-order chi connectivity index (χ1) is 18.0. The van der Waals surface area contributed by atoms with Gasteiger partial charge in [0.1, 0.15) is 17.6 Å². The van der Waals surface area contributed by atoms with E-state index < -0.39 is 0 Å². The maximum absolute atomic E-state index is 13.0. The molecule has 0 bridgehead atoms. The zero-order valence-corrected chi connectivity index (χ0v) is 24.0. The quantitative estimate of drug-likeness (QED) is 0.0984. The molecule has 3 aromatic rings. The highest BCUT2D eigenvalue weighted by Gasteiger charge is 2.23. The van der Waals surface area contributed by atoms with Crippen LogP contribution in [-0.2, 0) is 13.1 Å². The molecule has 2 aromatic carbocycles. The molecular weight excluding hydrogens is 501 g/mol. The molecule has 3 rings (SSSR count). The van der Waals surface area contributed by atoms with E-state index in [1.165, 1.54) is 83.5 Å². The summed E-state index contributed by atoms with van der Waals surface area (Å²) in [6, 6.07) is 13.1. The van der Waals surface area contributed by atoms with Crippen LogP contribution in [0, 0.1) is 0 Å². The summed E-state index contributed by atoms with van der Waals surface area (Å²) < 4.78 is 4.06. The van der Waals surface area contributed by atoms with Crippen LogP contribution in [0.5, 0.6) is 0 Å². The second-order valence-electron chi connectivity index (χ2n) is 10.2. The first kappa shape index (κ1) is 29.5. The number of carbonyl (C=O) groups is 1. The number of rotatable bonds is 18. The first-order valence-corrected chi connectivity index (χ1v) is 15.0. The van der Waals surface area contributed by atoms with Gasteiger partial charge in [-0.3, -0.25) is 10.5 Å². The summed E-state index contributed by atoms with van der Waals surface area (Å²) in [6.45, 7) is 3.30. The average molecular weight is 546 g/mol. The Hall–Kier alpha value is -2.04. The van der Waals surface area contributed by atoms with Gasteiger partial charge in [-0.15, -0.1) is 0 Å². The summed E-state index contributed by atoms with van der Waals surface area (Å²) in [5.74, 6) is 0.568. The zero-order valence-electron chi connectivity index (χ0n) is 22.5. The van der Waals surface area contributed by atoms with Crippen molar-refractivity contribution in [3.63, 3.8) is 0 Å². The van der Waals surface area contributed by atoms with Crippen molar-refractivity contribution in [1.29, 1.82) is 0 Å². The Morgan fingerprint density at radius 3 is 1.95 bits per heavy atom. The van der Waals surface area contributed by atoms with Gasteiger partial charge in [-0.05, 0) is 36.8 Å². The topological polar surface area (TPSA) is 51.9 Å². The van der Waals surface area contributed by atoms with Crippen LogP contribution < -0.4 is 10.3 Å². The summed E-state index contributed by atoms with van der Waals surface area (Å²) in [5.41, 5.74) is 9.15. The molecule has 0 aliphatic heterocycles. The largest absolute Gasteiger partial charge is 0.356 e. The number of unbranched alkanes of at least 4 members (excludes halogenated alkanes) is 13. The molecule has 0 amide bonds. The van der Waals surface area contributed by atoms with Crippen LogP contribution >= 0.6 is 23.2 Å². The fourth-order valence-electron chi connectivity index (χ4n) is 5.08. The second-order valence-corrected chi connectivity index (χ2v) is 11.0. The number of aryl methyl sites for hydroxylation is 1. The number of nitrogens with zero attached hydrogens (tertiary/aromatic N) is 2. The third kappa shape index (κ3) is 9.04. The number of aromatic nitrogens is 2. The molecule has 202 valence electrons. The predicted molar refractivity (Wildman–Crippen MR) is 158 cm³/mol. The molecule has 2 N–H and O–H groups in total. The van der Waals surface area contributed by atoms with E-state index in [0.717, 1.165) is 24.0 Å². The Morgan fingerprint density at radius 1 is 0.784 bits per heavy atom. The number of anilines is 1. The number of nitrogens with two attached hydrogens (primary N) is 1. The number of benzene rings is 2. The van der Waals surface area contributed by atoms with Gasteiger partial charge in [-0.1, -0.05) is 126 Å². The number of ketones is 1. The van der Waals surface area contributed by atoms with Crippen LogP contribution in [-0.4, -0.2) is 10.4 Å². The summed E-state index contributed by atoms with van der Waals surface area (Å²) in [6.07, 6.45) is 18.8. The van der Waals surface area contributed by atoms with Crippen molar-refractivity contribution in [2.24, 2.45) is 0 Å². The molecular formula is C31H44Cl2N3O+. The number of halogens is 2. The number of hydrogen-bond donors (Lipinski definition) is 1. The molecule has 37 heavy (non-hydrogen) atoms. The van der Waals surface area contributed by atoms with Gasteiger partial charge in [0.2, 0.25) is 0 Å². The maximum Gasteiger partial charge on any atom is 0.356 e. The number of nitrogen functional groups attached to an aromatic ring is 1. The lowest BCUT2D eigenvalue weighted by atomic mass is 10.0. The molecule has 1 heterocycles. The Morgan fingerprint density at radius 2 is 1.35 bits per heavy atom. The summed E-state index contributed by atoms with van der Waals surface area (Å²) in [4.78, 5) is 13.0. The minimum Gasteiger partial charge on any atom is -0.291 e. The van der Waals surface area contributed by atoms with Crippen LogP contribution in [0.25, 0.3) is 11.0 Å². The minimum atomic E-state index is -0.0466. The highest BCUT2D eigenvalue weighted by Crippen LogP contribution is 2.23.